The summed E-state index contributed by atoms with van der Waals surface area (Å²) in [4.78, 5) is 5.17. The van der Waals surface area contributed by atoms with E-state index in [-0.39, 0.29) is 0 Å². The molecule has 2 aliphatic heterocycles. The molecule has 4 rings (SSSR count). The Morgan fingerprint density at radius 1 is 0.913 bits per heavy atom. The average Bonchev–Trinajstić information content (AvgIpc) is 3.18. The molecule has 2 aliphatic rings. The Balaban J connectivity index is 1.37. The second kappa shape index (κ2) is 6.63. The first-order chi connectivity index (χ1) is 11.4. The molecule has 0 aliphatic carbocycles. The molecule has 0 N–H and O–H groups in total. The normalized spacial score (nSPS) is 20.1. The molecular weight excluding hydrogens is 284 g/mol. The van der Waals surface area contributed by atoms with Gasteiger partial charge < -0.3 is 9.32 Å². The van der Waals surface area contributed by atoms with Crippen molar-refractivity contribution in [1.82, 2.24) is 4.90 Å². The molecule has 0 spiro atoms. The fourth-order valence-electron chi connectivity index (χ4n) is 3.76. The van der Waals surface area contributed by atoms with Crippen LogP contribution in [-0.2, 0) is 0 Å². The minimum Gasteiger partial charge on any atom is -0.464 e. The predicted octanol–water partition coefficient (Wildman–Crippen LogP) is 4.18. The highest BCUT2D eigenvalue weighted by atomic mass is 16.3. The number of furan rings is 1. The van der Waals surface area contributed by atoms with E-state index in [1.165, 1.54) is 31.5 Å². The molecule has 1 saturated heterocycles. The highest BCUT2D eigenvalue weighted by Crippen LogP contribution is 2.27. The Kier molecular flexibility index (Phi) is 4.20. The molecule has 3 heterocycles. The third kappa shape index (κ3) is 3.20. The molecule has 0 bridgehead atoms. The molecule has 3 nitrogen and oxygen atoms in total. The van der Waals surface area contributed by atoms with Crippen LogP contribution in [0.25, 0.3) is 11.3 Å². The monoisotopic (exact) mass is 308 g/mol. The predicted molar refractivity (Wildman–Crippen MR) is 94.7 cm³/mol. The van der Waals surface area contributed by atoms with E-state index in [9.17, 15) is 0 Å². The summed E-state index contributed by atoms with van der Waals surface area (Å²) >= 11 is 0. The smallest absolute Gasteiger partial charge is 0.133 e. The number of piperidine rings is 1. The van der Waals surface area contributed by atoms with Gasteiger partial charge >= 0.3 is 0 Å². The maximum atomic E-state index is 5.46. The molecule has 3 heteroatoms. The van der Waals surface area contributed by atoms with Gasteiger partial charge in [0.15, 0.2) is 0 Å². The lowest BCUT2D eigenvalue weighted by molar-refractivity contribution is 0.184. The molecule has 0 atom stereocenters. The maximum absolute atomic E-state index is 5.46. The molecule has 0 saturated carbocycles. The zero-order chi connectivity index (χ0) is 15.5. The Morgan fingerprint density at radius 2 is 1.74 bits per heavy atom. The van der Waals surface area contributed by atoms with Crippen molar-refractivity contribution in [3.05, 3.63) is 54.8 Å². The molecule has 1 aromatic carbocycles. The van der Waals surface area contributed by atoms with Crippen LogP contribution in [0.4, 0.5) is 5.69 Å². The van der Waals surface area contributed by atoms with Gasteiger partial charge in [-0.15, -0.1) is 0 Å². The maximum Gasteiger partial charge on any atom is 0.133 e. The topological polar surface area (TPSA) is 19.6 Å². The molecule has 1 aromatic heterocycles. The van der Waals surface area contributed by atoms with Crippen molar-refractivity contribution >= 4 is 5.69 Å². The number of rotatable bonds is 3. The summed E-state index contributed by atoms with van der Waals surface area (Å²) in [5.41, 5.74) is 2.48. The quantitative estimate of drug-likeness (QED) is 0.793. The van der Waals surface area contributed by atoms with Gasteiger partial charge in [-0.2, -0.15) is 0 Å². The average molecular weight is 308 g/mol. The Labute approximate surface area is 138 Å². The highest BCUT2D eigenvalue weighted by molar-refractivity contribution is 5.61. The Morgan fingerprint density at radius 3 is 2.39 bits per heavy atom. The van der Waals surface area contributed by atoms with Gasteiger partial charge in [-0.1, -0.05) is 12.2 Å². The van der Waals surface area contributed by atoms with Gasteiger partial charge in [-0.05, 0) is 55.7 Å². The van der Waals surface area contributed by atoms with Crippen LogP contribution in [0.3, 0.4) is 0 Å². The zero-order valence-electron chi connectivity index (χ0n) is 13.5. The largest absolute Gasteiger partial charge is 0.464 e. The number of nitrogens with zero attached hydrogens (tertiary/aromatic N) is 2. The summed E-state index contributed by atoms with van der Waals surface area (Å²) in [5.74, 6) is 0.938. The Bertz CT molecular complexity index is 637. The first-order valence-electron chi connectivity index (χ1n) is 8.68. The van der Waals surface area contributed by atoms with Crippen LogP contribution in [0.1, 0.15) is 19.3 Å². The lowest BCUT2D eigenvalue weighted by atomic mass is 10.0. The summed E-state index contributed by atoms with van der Waals surface area (Å²) in [6.45, 7) is 4.69. The summed E-state index contributed by atoms with van der Waals surface area (Å²) < 4.78 is 5.46. The third-order valence-electron chi connectivity index (χ3n) is 5.11. The second-order valence-corrected chi connectivity index (χ2v) is 6.50. The van der Waals surface area contributed by atoms with Gasteiger partial charge in [0.2, 0.25) is 0 Å². The molecule has 120 valence electrons. The molecule has 0 amide bonds. The van der Waals surface area contributed by atoms with Gasteiger partial charge in [-0.25, -0.2) is 0 Å². The lowest BCUT2D eigenvalue weighted by Crippen LogP contribution is -2.46. The van der Waals surface area contributed by atoms with Gasteiger partial charge in [0, 0.05) is 43.5 Å². The van der Waals surface area contributed by atoms with Crippen molar-refractivity contribution in [2.24, 2.45) is 0 Å². The second-order valence-electron chi connectivity index (χ2n) is 6.50. The van der Waals surface area contributed by atoms with E-state index in [2.05, 4.69) is 46.2 Å². The standard InChI is InChI=1S/C20H24N2O/c1-2-12-21(13-3-1)19-10-14-22(15-11-19)18-8-6-17(7-9-18)20-5-4-16-23-20/h1-2,4-9,16,19H,3,10-15H2. The van der Waals surface area contributed by atoms with Crippen molar-refractivity contribution < 1.29 is 4.42 Å². The molecular formula is C20H24N2O. The molecule has 0 unspecified atom stereocenters. The van der Waals surface area contributed by atoms with E-state index in [4.69, 9.17) is 4.42 Å². The Hall–Kier alpha value is -2.00. The number of benzene rings is 1. The lowest BCUT2D eigenvalue weighted by Gasteiger charge is -2.40. The highest BCUT2D eigenvalue weighted by Gasteiger charge is 2.24. The molecule has 23 heavy (non-hydrogen) atoms. The summed E-state index contributed by atoms with van der Waals surface area (Å²) in [6.07, 6.45) is 10.1. The minimum atomic E-state index is 0.763. The van der Waals surface area contributed by atoms with Crippen LogP contribution in [0.15, 0.2) is 59.2 Å². The van der Waals surface area contributed by atoms with Gasteiger partial charge in [-0.3, -0.25) is 4.90 Å². The van der Waals surface area contributed by atoms with Gasteiger partial charge in [0.25, 0.3) is 0 Å². The van der Waals surface area contributed by atoms with Crippen LogP contribution in [0, 0.1) is 0 Å². The summed E-state index contributed by atoms with van der Waals surface area (Å²) in [7, 11) is 0. The van der Waals surface area contributed by atoms with Crippen LogP contribution in [-0.4, -0.2) is 37.1 Å². The van der Waals surface area contributed by atoms with E-state index in [1.54, 1.807) is 6.26 Å². The van der Waals surface area contributed by atoms with Crippen LogP contribution in [0.5, 0.6) is 0 Å². The van der Waals surface area contributed by atoms with Crippen molar-refractivity contribution in [2.45, 2.75) is 25.3 Å². The molecule has 2 aromatic rings. The van der Waals surface area contributed by atoms with Crippen molar-refractivity contribution in [1.29, 1.82) is 0 Å². The fourth-order valence-corrected chi connectivity index (χ4v) is 3.76. The van der Waals surface area contributed by atoms with E-state index in [0.717, 1.165) is 37.0 Å². The number of hydrogen-bond acceptors (Lipinski definition) is 3. The number of anilines is 1. The first kappa shape index (κ1) is 14.6. The zero-order valence-corrected chi connectivity index (χ0v) is 13.5. The number of hydrogen-bond donors (Lipinski definition) is 0. The first-order valence-corrected chi connectivity index (χ1v) is 8.68. The minimum absolute atomic E-state index is 0.763. The summed E-state index contributed by atoms with van der Waals surface area (Å²) in [6, 6.07) is 13.5. The summed E-state index contributed by atoms with van der Waals surface area (Å²) in [5, 5.41) is 0. The third-order valence-corrected chi connectivity index (χ3v) is 5.11. The van der Waals surface area contributed by atoms with Crippen molar-refractivity contribution in [3.8, 4) is 11.3 Å². The van der Waals surface area contributed by atoms with Crippen LogP contribution < -0.4 is 4.90 Å². The van der Waals surface area contributed by atoms with Crippen molar-refractivity contribution in [2.75, 3.05) is 31.1 Å². The molecule has 0 radical (unpaired) electrons. The van der Waals surface area contributed by atoms with Gasteiger partial charge in [0.1, 0.15) is 5.76 Å². The van der Waals surface area contributed by atoms with Crippen LogP contribution >= 0.6 is 0 Å². The molecule has 1 fully saturated rings. The fraction of sp³-hybridized carbons (Fsp3) is 0.400. The van der Waals surface area contributed by atoms with E-state index in [0.29, 0.717) is 0 Å². The van der Waals surface area contributed by atoms with E-state index >= 15 is 0 Å². The van der Waals surface area contributed by atoms with E-state index in [1.807, 2.05) is 12.1 Å². The van der Waals surface area contributed by atoms with Gasteiger partial charge in [0.05, 0.1) is 6.26 Å². The SMILES string of the molecule is C1=CCN(C2CCN(c3ccc(-c4ccco4)cc3)CC2)CC1. The van der Waals surface area contributed by atoms with Crippen LogP contribution in [0.2, 0.25) is 0 Å². The van der Waals surface area contributed by atoms with E-state index < -0.39 is 0 Å². The van der Waals surface area contributed by atoms with Crippen molar-refractivity contribution in [3.63, 3.8) is 0 Å².